The lowest BCUT2D eigenvalue weighted by Crippen LogP contribution is -2.52. The summed E-state index contributed by atoms with van der Waals surface area (Å²) in [6.07, 6.45) is -0.659. The summed E-state index contributed by atoms with van der Waals surface area (Å²) in [5.74, 6) is -2.02. The molecular formula is C29H25F4N5O5. The highest BCUT2D eigenvalue weighted by atomic mass is 19.4. The number of halogens is 4. The van der Waals surface area contributed by atoms with Gasteiger partial charge in [0, 0.05) is 23.5 Å². The van der Waals surface area contributed by atoms with Crippen LogP contribution in [-0.2, 0) is 15.8 Å². The van der Waals surface area contributed by atoms with E-state index in [-0.39, 0.29) is 41.0 Å². The van der Waals surface area contributed by atoms with Crippen LogP contribution in [-0.4, -0.2) is 56.7 Å². The number of amides is 2. The maximum atomic E-state index is 14.7. The molecule has 0 bridgehead atoms. The van der Waals surface area contributed by atoms with E-state index in [1.54, 1.807) is 0 Å². The highest BCUT2D eigenvalue weighted by Crippen LogP contribution is 2.47. The van der Waals surface area contributed by atoms with E-state index < -0.39 is 47.1 Å². The van der Waals surface area contributed by atoms with Crippen molar-refractivity contribution in [2.24, 2.45) is 5.73 Å². The van der Waals surface area contributed by atoms with Crippen LogP contribution in [0.15, 0.2) is 54.9 Å². The molecule has 3 aromatic heterocycles. The minimum atomic E-state index is -5.35. The SMILES string of the molecule is C[C@]1(C(N)=O)COc2c1cc(C(O)(CNC(=O)c1ccc(OC3CC3)c3nccn13)C(F)(F)F)nc2-c1ccc(F)cc1. The van der Waals surface area contributed by atoms with Crippen LogP contribution >= 0.6 is 0 Å². The number of nitrogens with zero attached hydrogens (tertiary/aromatic N) is 3. The number of hydrogen-bond donors (Lipinski definition) is 3. The third-order valence-corrected chi connectivity index (χ3v) is 7.70. The van der Waals surface area contributed by atoms with Gasteiger partial charge in [-0.2, -0.15) is 13.2 Å². The highest BCUT2D eigenvalue weighted by molar-refractivity contribution is 5.94. The summed E-state index contributed by atoms with van der Waals surface area (Å²) in [6.45, 7) is -0.241. The van der Waals surface area contributed by atoms with Gasteiger partial charge in [0.05, 0.1) is 18.3 Å². The van der Waals surface area contributed by atoms with Gasteiger partial charge in [-0.15, -0.1) is 0 Å². The number of rotatable bonds is 8. The number of carbonyl (C=O) groups is 2. The third kappa shape index (κ3) is 4.80. The first-order chi connectivity index (χ1) is 20.3. The van der Waals surface area contributed by atoms with Gasteiger partial charge < -0.3 is 25.6 Å². The van der Waals surface area contributed by atoms with E-state index in [0.29, 0.717) is 11.4 Å². The van der Waals surface area contributed by atoms with E-state index in [4.69, 9.17) is 15.2 Å². The van der Waals surface area contributed by atoms with Crippen LogP contribution in [0.3, 0.4) is 0 Å². The number of imidazole rings is 1. The number of ether oxygens (including phenoxy) is 2. The molecule has 1 aromatic carbocycles. The molecule has 43 heavy (non-hydrogen) atoms. The van der Waals surface area contributed by atoms with Crippen LogP contribution in [0.1, 0.15) is 41.5 Å². The average molecular weight is 600 g/mol. The van der Waals surface area contributed by atoms with Crippen LogP contribution < -0.4 is 20.5 Å². The number of nitrogens with one attached hydrogen (secondary N) is 1. The van der Waals surface area contributed by atoms with Crippen molar-refractivity contribution in [2.45, 2.75) is 43.1 Å². The molecule has 224 valence electrons. The summed E-state index contributed by atoms with van der Waals surface area (Å²) >= 11 is 0. The van der Waals surface area contributed by atoms with Crippen molar-refractivity contribution in [3.8, 4) is 22.8 Å². The van der Waals surface area contributed by atoms with Gasteiger partial charge in [-0.25, -0.2) is 14.4 Å². The molecule has 1 saturated carbocycles. The Labute approximate surface area is 241 Å². The second kappa shape index (κ2) is 9.93. The number of hydrogen-bond acceptors (Lipinski definition) is 7. The van der Waals surface area contributed by atoms with Gasteiger partial charge in [0.15, 0.2) is 11.4 Å². The number of aromatic nitrogens is 3. The van der Waals surface area contributed by atoms with Gasteiger partial charge >= 0.3 is 6.18 Å². The van der Waals surface area contributed by atoms with Crippen molar-refractivity contribution in [1.29, 1.82) is 0 Å². The molecule has 4 aromatic rings. The van der Waals surface area contributed by atoms with Crippen molar-refractivity contribution in [1.82, 2.24) is 19.7 Å². The summed E-state index contributed by atoms with van der Waals surface area (Å²) in [4.78, 5) is 33.9. The number of fused-ring (bicyclic) bond motifs is 2. The van der Waals surface area contributed by atoms with Crippen molar-refractivity contribution in [2.75, 3.05) is 13.2 Å². The molecule has 1 aliphatic heterocycles. The Balaban J connectivity index is 1.39. The van der Waals surface area contributed by atoms with Crippen LogP contribution in [0.2, 0.25) is 0 Å². The van der Waals surface area contributed by atoms with E-state index in [0.717, 1.165) is 31.0 Å². The summed E-state index contributed by atoms with van der Waals surface area (Å²) in [7, 11) is 0. The number of nitrogens with two attached hydrogens (primary N) is 1. The van der Waals surface area contributed by atoms with Gasteiger partial charge in [0.1, 0.15) is 35.0 Å². The first-order valence-corrected chi connectivity index (χ1v) is 13.3. The molecule has 2 atom stereocenters. The van der Waals surface area contributed by atoms with E-state index in [2.05, 4.69) is 15.3 Å². The molecule has 2 amide bonds. The maximum absolute atomic E-state index is 14.7. The Hall–Kier alpha value is -4.72. The molecule has 4 heterocycles. The monoisotopic (exact) mass is 599 g/mol. The molecule has 0 radical (unpaired) electrons. The lowest BCUT2D eigenvalue weighted by molar-refractivity contribution is -0.265. The normalized spacial score (nSPS) is 19.4. The average Bonchev–Trinajstić information content (AvgIpc) is 3.51. The van der Waals surface area contributed by atoms with Gasteiger partial charge in [-0.3, -0.25) is 14.0 Å². The Bertz CT molecular complexity index is 1750. The molecule has 1 unspecified atom stereocenters. The Morgan fingerprint density at radius 3 is 2.58 bits per heavy atom. The quantitative estimate of drug-likeness (QED) is 0.264. The summed E-state index contributed by atoms with van der Waals surface area (Å²) in [5.41, 5.74) is -0.399. The standard InChI is InChI=1S/C29H25F4N5O5/c1-27(26(34)40)14-42-23-18(27)12-21(37-22(23)15-2-4-16(30)5-3-15)28(41,29(31,32)33)13-36-25(39)19-8-9-20(43-17-6-7-17)24-35-10-11-38(19)24/h2-5,8-12,17,41H,6-7,13-14H2,1H3,(H2,34,40)(H,36,39)/t27-,28?/m0/s1. The van der Waals surface area contributed by atoms with E-state index in [9.17, 15) is 32.3 Å². The minimum Gasteiger partial charge on any atom is -0.489 e. The summed E-state index contributed by atoms with van der Waals surface area (Å²) in [6, 6.07) is 8.48. The highest BCUT2D eigenvalue weighted by Gasteiger charge is 2.57. The molecule has 6 rings (SSSR count). The van der Waals surface area contributed by atoms with Crippen LogP contribution in [0.4, 0.5) is 17.6 Å². The molecule has 0 spiro atoms. The molecule has 2 aliphatic rings. The summed E-state index contributed by atoms with van der Waals surface area (Å²) in [5, 5.41) is 13.4. The van der Waals surface area contributed by atoms with Crippen LogP contribution in [0.25, 0.3) is 16.9 Å². The molecule has 4 N–H and O–H groups in total. The second-order valence-electron chi connectivity index (χ2n) is 10.8. The Morgan fingerprint density at radius 2 is 1.93 bits per heavy atom. The number of alkyl halides is 3. The van der Waals surface area contributed by atoms with Gasteiger partial charge in [-0.1, -0.05) is 0 Å². The minimum absolute atomic E-state index is 0.0266. The van der Waals surface area contributed by atoms with E-state index in [1.165, 1.54) is 48.0 Å². The number of primary amides is 1. The van der Waals surface area contributed by atoms with Gasteiger partial charge in [0.25, 0.3) is 5.91 Å². The van der Waals surface area contributed by atoms with Crippen molar-refractivity contribution >= 4 is 17.5 Å². The zero-order valence-corrected chi connectivity index (χ0v) is 22.6. The molecule has 14 heteroatoms. The smallest absolute Gasteiger partial charge is 0.424 e. The largest absolute Gasteiger partial charge is 0.489 e. The predicted octanol–water partition coefficient (Wildman–Crippen LogP) is 3.39. The molecule has 0 saturated heterocycles. The van der Waals surface area contributed by atoms with Crippen LogP contribution in [0, 0.1) is 5.82 Å². The van der Waals surface area contributed by atoms with Crippen LogP contribution in [0.5, 0.6) is 11.5 Å². The Kier molecular flexibility index (Phi) is 6.56. The molecule has 10 nitrogen and oxygen atoms in total. The Morgan fingerprint density at radius 1 is 1.21 bits per heavy atom. The third-order valence-electron chi connectivity index (χ3n) is 7.70. The fraction of sp³-hybridized carbons (Fsp3) is 0.310. The molecular weight excluding hydrogens is 574 g/mol. The summed E-state index contributed by atoms with van der Waals surface area (Å²) < 4.78 is 70.5. The fourth-order valence-electron chi connectivity index (χ4n) is 4.87. The zero-order valence-electron chi connectivity index (χ0n) is 22.6. The molecule has 1 fully saturated rings. The second-order valence-corrected chi connectivity index (χ2v) is 10.8. The number of aliphatic hydroxyl groups is 1. The fourth-order valence-corrected chi connectivity index (χ4v) is 4.87. The van der Waals surface area contributed by atoms with Gasteiger partial charge in [0.2, 0.25) is 11.5 Å². The van der Waals surface area contributed by atoms with Gasteiger partial charge in [-0.05, 0) is 62.2 Å². The number of pyridine rings is 2. The lowest BCUT2D eigenvalue weighted by atomic mass is 9.81. The van der Waals surface area contributed by atoms with E-state index >= 15 is 0 Å². The predicted molar refractivity (Wildman–Crippen MR) is 143 cm³/mol. The van der Waals surface area contributed by atoms with Crippen molar-refractivity contribution in [3.05, 3.63) is 77.6 Å². The van der Waals surface area contributed by atoms with Crippen molar-refractivity contribution in [3.63, 3.8) is 0 Å². The topological polar surface area (TPSA) is 141 Å². The lowest BCUT2D eigenvalue weighted by Gasteiger charge is -2.31. The van der Waals surface area contributed by atoms with Crippen molar-refractivity contribution < 1.29 is 41.7 Å². The number of carbonyl (C=O) groups excluding carboxylic acids is 2. The first kappa shape index (κ1) is 28.4. The maximum Gasteiger partial charge on any atom is 0.424 e. The van der Waals surface area contributed by atoms with E-state index in [1.807, 2.05) is 0 Å². The molecule has 1 aliphatic carbocycles. The first-order valence-electron chi connectivity index (χ1n) is 13.3. The zero-order chi connectivity index (χ0) is 30.7. The number of benzene rings is 1.